The maximum absolute atomic E-state index is 6.04. The Balaban J connectivity index is 2.40. The Morgan fingerprint density at radius 2 is 2.06 bits per heavy atom. The molecule has 6 nitrogen and oxygen atoms in total. The van der Waals surface area contributed by atoms with E-state index >= 15 is 0 Å². The van der Waals surface area contributed by atoms with Gasteiger partial charge in [-0.3, -0.25) is 9.25 Å². The SMILES string of the molecule is Cc1nn(C)c2c1nc(N)n2C(C)CCN(C)C. The summed E-state index contributed by atoms with van der Waals surface area (Å²) in [6.07, 6.45) is 1.03. The van der Waals surface area contributed by atoms with Crippen LogP contribution in [0.2, 0.25) is 0 Å². The molecule has 2 aromatic rings. The van der Waals surface area contributed by atoms with Crippen LogP contribution in [0.15, 0.2) is 0 Å². The molecular formula is C12H22N6. The van der Waals surface area contributed by atoms with Crippen molar-refractivity contribution in [3.05, 3.63) is 5.69 Å². The first-order valence-corrected chi connectivity index (χ1v) is 6.23. The molecule has 2 heterocycles. The van der Waals surface area contributed by atoms with E-state index in [4.69, 9.17) is 5.73 Å². The highest BCUT2D eigenvalue weighted by Gasteiger charge is 2.19. The lowest BCUT2D eigenvalue weighted by Crippen LogP contribution is -2.19. The van der Waals surface area contributed by atoms with Crippen molar-refractivity contribution in [1.29, 1.82) is 0 Å². The summed E-state index contributed by atoms with van der Waals surface area (Å²) in [6.45, 7) is 5.16. The Labute approximate surface area is 107 Å². The second-order valence-corrected chi connectivity index (χ2v) is 5.16. The normalized spacial score (nSPS) is 13.7. The number of anilines is 1. The predicted octanol–water partition coefficient (Wildman–Crippen LogP) is 1.17. The lowest BCUT2D eigenvalue weighted by molar-refractivity contribution is 0.360. The zero-order valence-electron chi connectivity index (χ0n) is 11.8. The summed E-state index contributed by atoms with van der Waals surface area (Å²) in [7, 11) is 6.09. The molecule has 18 heavy (non-hydrogen) atoms. The minimum Gasteiger partial charge on any atom is -0.369 e. The van der Waals surface area contributed by atoms with E-state index in [1.54, 1.807) is 0 Å². The minimum absolute atomic E-state index is 0.312. The molecule has 2 rings (SSSR count). The molecule has 0 aliphatic heterocycles. The molecule has 0 spiro atoms. The van der Waals surface area contributed by atoms with Crippen LogP contribution in [-0.4, -0.2) is 44.9 Å². The number of aromatic nitrogens is 4. The van der Waals surface area contributed by atoms with Crippen molar-refractivity contribution in [3.63, 3.8) is 0 Å². The van der Waals surface area contributed by atoms with Gasteiger partial charge in [0.15, 0.2) is 5.65 Å². The standard InChI is InChI=1S/C12H22N6/c1-8(6-7-16(3)4)18-11-10(14-12(18)13)9(2)15-17(11)5/h8H,6-7H2,1-5H3,(H2,13,14). The number of nitrogens with two attached hydrogens (primary N) is 1. The van der Waals surface area contributed by atoms with Crippen LogP contribution in [0.5, 0.6) is 0 Å². The van der Waals surface area contributed by atoms with Gasteiger partial charge in [0.25, 0.3) is 0 Å². The number of hydrogen-bond acceptors (Lipinski definition) is 4. The Kier molecular flexibility index (Phi) is 3.30. The number of nitrogen functional groups attached to an aromatic ring is 1. The van der Waals surface area contributed by atoms with Gasteiger partial charge in [-0.1, -0.05) is 0 Å². The van der Waals surface area contributed by atoms with Crippen LogP contribution in [0.25, 0.3) is 11.2 Å². The summed E-state index contributed by atoms with van der Waals surface area (Å²) in [5.74, 6) is 0.576. The summed E-state index contributed by atoms with van der Waals surface area (Å²) in [6, 6.07) is 0.312. The van der Waals surface area contributed by atoms with Crippen LogP contribution in [-0.2, 0) is 7.05 Å². The van der Waals surface area contributed by atoms with E-state index in [0.29, 0.717) is 12.0 Å². The highest BCUT2D eigenvalue weighted by molar-refractivity contribution is 5.77. The molecule has 0 fully saturated rings. The Hall–Kier alpha value is -1.56. The molecule has 1 atom stereocenters. The molecule has 0 saturated carbocycles. The maximum Gasteiger partial charge on any atom is 0.202 e. The van der Waals surface area contributed by atoms with Crippen LogP contribution in [0.4, 0.5) is 5.95 Å². The molecule has 6 heteroatoms. The van der Waals surface area contributed by atoms with E-state index in [9.17, 15) is 0 Å². The molecule has 2 N–H and O–H groups in total. The summed E-state index contributed by atoms with van der Waals surface area (Å²) in [4.78, 5) is 6.60. The van der Waals surface area contributed by atoms with Gasteiger partial charge in [0, 0.05) is 13.1 Å². The van der Waals surface area contributed by atoms with Gasteiger partial charge in [0.05, 0.1) is 5.69 Å². The van der Waals surface area contributed by atoms with Gasteiger partial charge < -0.3 is 10.6 Å². The first kappa shape index (κ1) is 12.9. The molecule has 100 valence electrons. The lowest BCUT2D eigenvalue weighted by Gasteiger charge is -2.18. The number of aryl methyl sites for hydroxylation is 2. The Bertz CT molecular complexity index is 550. The summed E-state index contributed by atoms with van der Waals surface area (Å²) < 4.78 is 3.94. The Morgan fingerprint density at radius 1 is 1.39 bits per heavy atom. The molecule has 0 aromatic carbocycles. The fourth-order valence-electron chi connectivity index (χ4n) is 2.32. The van der Waals surface area contributed by atoms with Crippen molar-refractivity contribution in [2.24, 2.45) is 7.05 Å². The molecular weight excluding hydrogens is 228 g/mol. The first-order chi connectivity index (χ1) is 8.41. The molecule has 0 aliphatic carbocycles. The van der Waals surface area contributed by atoms with Crippen LogP contribution in [0.1, 0.15) is 25.1 Å². The second-order valence-electron chi connectivity index (χ2n) is 5.16. The van der Waals surface area contributed by atoms with Gasteiger partial charge in [0.2, 0.25) is 5.95 Å². The van der Waals surface area contributed by atoms with Gasteiger partial charge in [-0.05, 0) is 40.9 Å². The van der Waals surface area contributed by atoms with Gasteiger partial charge in [-0.25, -0.2) is 4.98 Å². The van der Waals surface area contributed by atoms with E-state index in [2.05, 4.69) is 40.6 Å². The van der Waals surface area contributed by atoms with Crippen LogP contribution < -0.4 is 5.73 Å². The number of nitrogens with zero attached hydrogens (tertiary/aromatic N) is 5. The second kappa shape index (κ2) is 4.61. The molecule has 0 saturated heterocycles. The van der Waals surface area contributed by atoms with Crippen molar-refractivity contribution >= 4 is 17.1 Å². The average molecular weight is 250 g/mol. The molecule has 1 unspecified atom stereocenters. The molecule has 0 radical (unpaired) electrons. The molecule has 0 amide bonds. The van der Waals surface area contributed by atoms with Crippen molar-refractivity contribution in [2.75, 3.05) is 26.4 Å². The quantitative estimate of drug-likeness (QED) is 0.884. The average Bonchev–Trinajstić information content (AvgIpc) is 2.74. The molecule has 2 aromatic heterocycles. The van der Waals surface area contributed by atoms with Crippen molar-refractivity contribution in [2.45, 2.75) is 26.3 Å². The van der Waals surface area contributed by atoms with Crippen LogP contribution in [0, 0.1) is 6.92 Å². The first-order valence-electron chi connectivity index (χ1n) is 6.23. The third-order valence-electron chi connectivity index (χ3n) is 3.30. The third-order valence-corrected chi connectivity index (χ3v) is 3.30. The number of rotatable bonds is 4. The van der Waals surface area contributed by atoms with Crippen molar-refractivity contribution < 1.29 is 0 Å². The van der Waals surface area contributed by atoms with E-state index in [0.717, 1.165) is 29.8 Å². The minimum atomic E-state index is 0.312. The van der Waals surface area contributed by atoms with Crippen LogP contribution >= 0.6 is 0 Å². The smallest absolute Gasteiger partial charge is 0.202 e. The van der Waals surface area contributed by atoms with Gasteiger partial charge in [-0.15, -0.1) is 0 Å². The molecule has 0 aliphatic rings. The number of fused-ring (bicyclic) bond motifs is 1. The van der Waals surface area contributed by atoms with E-state index < -0.39 is 0 Å². The fourth-order valence-corrected chi connectivity index (χ4v) is 2.32. The number of hydrogen-bond donors (Lipinski definition) is 1. The largest absolute Gasteiger partial charge is 0.369 e. The predicted molar refractivity (Wildman–Crippen MR) is 73.5 cm³/mol. The Morgan fingerprint density at radius 3 is 2.67 bits per heavy atom. The zero-order valence-corrected chi connectivity index (χ0v) is 11.8. The van der Waals surface area contributed by atoms with Gasteiger partial charge >= 0.3 is 0 Å². The maximum atomic E-state index is 6.04. The highest BCUT2D eigenvalue weighted by Crippen LogP contribution is 2.25. The third kappa shape index (κ3) is 2.08. The van der Waals surface area contributed by atoms with Gasteiger partial charge in [0.1, 0.15) is 5.52 Å². The van der Waals surface area contributed by atoms with E-state index in [1.807, 2.05) is 18.7 Å². The molecule has 0 bridgehead atoms. The highest BCUT2D eigenvalue weighted by atomic mass is 15.4. The van der Waals surface area contributed by atoms with Crippen molar-refractivity contribution in [3.8, 4) is 0 Å². The topological polar surface area (TPSA) is 64.9 Å². The fraction of sp³-hybridized carbons (Fsp3) is 0.667. The van der Waals surface area contributed by atoms with Crippen LogP contribution in [0.3, 0.4) is 0 Å². The van der Waals surface area contributed by atoms with Gasteiger partial charge in [-0.2, -0.15) is 5.10 Å². The zero-order chi connectivity index (χ0) is 13.4. The monoisotopic (exact) mass is 250 g/mol. The van der Waals surface area contributed by atoms with E-state index in [-0.39, 0.29) is 0 Å². The van der Waals surface area contributed by atoms with E-state index in [1.165, 1.54) is 0 Å². The lowest BCUT2D eigenvalue weighted by atomic mass is 10.2. The number of imidazole rings is 1. The summed E-state index contributed by atoms with van der Waals surface area (Å²) in [5, 5.41) is 4.40. The summed E-state index contributed by atoms with van der Waals surface area (Å²) >= 11 is 0. The van der Waals surface area contributed by atoms with Crippen molar-refractivity contribution in [1.82, 2.24) is 24.2 Å². The summed E-state index contributed by atoms with van der Waals surface area (Å²) in [5.41, 5.74) is 8.89.